The maximum Gasteiger partial charge on any atom is 0.237 e. The number of anilines is 1. The SMILES string of the molecule is NC(=O)CCn1c(SCC(=O)N2CCCc3ccccc32)nnc1-c1cccs1. The second kappa shape index (κ2) is 8.79. The van der Waals surface area contributed by atoms with Crippen LogP contribution in [-0.4, -0.2) is 38.9 Å². The summed E-state index contributed by atoms with van der Waals surface area (Å²) in [4.78, 5) is 27.0. The molecule has 7 nitrogen and oxygen atoms in total. The van der Waals surface area contributed by atoms with Crippen LogP contribution in [0.2, 0.25) is 0 Å². The predicted octanol–water partition coefficient (Wildman–Crippen LogP) is 2.95. The Balaban J connectivity index is 1.51. The van der Waals surface area contributed by atoms with Crippen LogP contribution in [0.15, 0.2) is 46.9 Å². The zero-order valence-electron chi connectivity index (χ0n) is 15.8. The highest BCUT2D eigenvalue weighted by Gasteiger charge is 2.23. The number of carbonyl (C=O) groups is 2. The average molecular weight is 428 g/mol. The van der Waals surface area contributed by atoms with Crippen molar-refractivity contribution in [2.75, 3.05) is 17.2 Å². The average Bonchev–Trinajstić information content (AvgIpc) is 3.39. The maximum atomic E-state index is 12.9. The molecule has 0 radical (unpaired) electrons. The van der Waals surface area contributed by atoms with Crippen molar-refractivity contribution in [3.05, 3.63) is 47.3 Å². The lowest BCUT2D eigenvalue weighted by molar-refractivity contribution is -0.118. The molecule has 3 heterocycles. The Hall–Kier alpha value is -2.65. The van der Waals surface area contributed by atoms with Crippen LogP contribution in [0.25, 0.3) is 10.7 Å². The molecular formula is C20H21N5O2S2. The van der Waals surface area contributed by atoms with Gasteiger partial charge in [0.1, 0.15) is 0 Å². The Morgan fingerprint density at radius 3 is 2.83 bits per heavy atom. The van der Waals surface area contributed by atoms with Crippen molar-refractivity contribution < 1.29 is 9.59 Å². The van der Waals surface area contributed by atoms with Crippen LogP contribution in [0.4, 0.5) is 5.69 Å². The molecule has 1 aromatic carbocycles. The first kappa shape index (κ1) is 19.7. The van der Waals surface area contributed by atoms with E-state index in [0.29, 0.717) is 17.5 Å². The fourth-order valence-electron chi connectivity index (χ4n) is 3.40. The van der Waals surface area contributed by atoms with E-state index in [-0.39, 0.29) is 24.0 Å². The summed E-state index contributed by atoms with van der Waals surface area (Å²) in [5.41, 5.74) is 7.54. The van der Waals surface area contributed by atoms with Gasteiger partial charge in [0.2, 0.25) is 11.8 Å². The molecule has 0 saturated heterocycles. The number of benzene rings is 1. The molecule has 2 amide bonds. The molecule has 0 saturated carbocycles. The summed E-state index contributed by atoms with van der Waals surface area (Å²) in [6.07, 6.45) is 2.15. The predicted molar refractivity (Wildman–Crippen MR) is 115 cm³/mol. The van der Waals surface area contributed by atoms with Crippen LogP contribution in [0.3, 0.4) is 0 Å². The van der Waals surface area contributed by atoms with Crippen molar-refractivity contribution >= 4 is 40.6 Å². The lowest BCUT2D eigenvalue weighted by atomic mass is 10.0. The number of carbonyl (C=O) groups excluding carboxylic acids is 2. The summed E-state index contributed by atoms with van der Waals surface area (Å²) in [6.45, 7) is 1.11. The number of fused-ring (bicyclic) bond motifs is 1. The van der Waals surface area contributed by atoms with Gasteiger partial charge in [-0.05, 0) is 35.9 Å². The van der Waals surface area contributed by atoms with Crippen molar-refractivity contribution in [2.45, 2.75) is 31.0 Å². The highest BCUT2D eigenvalue weighted by molar-refractivity contribution is 7.99. The number of rotatable bonds is 7. The van der Waals surface area contributed by atoms with Gasteiger partial charge in [-0.15, -0.1) is 21.5 Å². The molecule has 9 heteroatoms. The first-order valence-electron chi connectivity index (χ1n) is 9.40. The third-order valence-electron chi connectivity index (χ3n) is 4.78. The minimum Gasteiger partial charge on any atom is -0.370 e. The van der Waals surface area contributed by atoms with Gasteiger partial charge in [0.25, 0.3) is 0 Å². The van der Waals surface area contributed by atoms with Crippen molar-refractivity contribution in [3.63, 3.8) is 0 Å². The van der Waals surface area contributed by atoms with Gasteiger partial charge in [-0.25, -0.2) is 0 Å². The summed E-state index contributed by atoms with van der Waals surface area (Å²) in [6, 6.07) is 12.0. The topological polar surface area (TPSA) is 94.1 Å². The highest BCUT2D eigenvalue weighted by Crippen LogP contribution is 2.30. The number of aromatic nitrogens is 3. The third-order valence-corrected chi connectivity index (χ3v) is 6.59. The number of thiophene rings is 1. The van der Waals surface area contributed by atoms with Gasteiger partial charge in [-0.2, -0.15) is 0 Å². The lowest BCUT2D eigenvalue weighted by Gasteiger charge is -2.29. The minimum atomic E-state index is -0.382. The summed E-state index contributed by atoms with van der Waals surface area (Å²) in [5.74, 6) is 0.615. The summed E-state index contributed by atoms with van der Waals surface area (Å²) in [7, 11) is 0. The number of nitrogens with two attached hydrogens (primary N) is 1. The first-order chi connectivity index (χ1) is 14.1. The van der Waals surface area contributed by atoms with Gasteiger partial charge < -0.3 is 15.2 Å². The van der Waals surface area contributed by atoms with Gasteiger partial charge in [0.05, 0.1) is 10.6 Å². The Kier molecular flexibility index (Phi) is 5.96. The van der Waals surface area contributed by atoms with E-state index in [1.54, 1.807) is 11.3 Å². The fourth-order valence-corrected chi connectivity index (χ4v) is 4.96. The zero-order valence-corrected chi connectivity index (χ0v) is 17.4. The molecular weight excluding hydrogens is 406 g/mol. The van der Waals surface area contributed by atoms with Crippen LogP contribution < -0.4 is 10.6 Å². The molecule has 0 fully saturated rings. The molecule has 2 N–H and O–H groups in total. The molecule has 150 valence electrons. The van der Waals surface area contributed by atoms with E-state index in [4.69, 9.17) is 5.73 Å². The van der Waals surface area contributed by atoms with E-state index in [1.807, 2.05) is 45.2 Å². The van der Waals surface area contributed by atoms with E-state index in [9.17, 15) is 9.59 Å². The standard InChI is InChI=1S/C20H21N5O2S2/c21-17(26)9-11-25-19(16-8-4-12-28-16)22-23-20(25)29-13-18(27)24-10-3-6-14-5-1-2-7-15(14)24/h1-2,4-5,7-8,12H,3,6,9-11,13H2,(H2,21,26). The van der Waals surface area contributed by atoms with Gasteiger partial charge >= 0.3 is 0 Å². The number of hydrogen-bond acceptors (Lipinski definition) is 6. The van der Waals surface area contributed by atoms with Gasteiger partial charge in [-0.1, -0.05) is 36.0 Å². The number of amides is 2. The first-order valence-corrected chi connectivity index (χ1v) is 11.3. The van der Waals surface area contributed by atoms with Crippen molar-refractivity contribution in [1.29, 1.82) is 0 Å². The molecule has 2 aromatic heterocycles. The van der Waals surface area contributed by atoms with Crippen molar-refractivity contribution in [1.82, 2.24) is 14.8 Å². The Labute approximate surface area is 176 Å². The quantitative estimate of drug-likeness (QED) is 0.585. The number of para-hydroxylation sites is 1. The number of primary amides is 1. The monoisotopic (exact) mass is 427 g/mol. The van der Waals surface area contributed by atoms with Crippen LogP contribution >= 0.6 is 23.1 Å². The molecule has 0 aliphatic carbocycles. The summed E-state index contributed by atoms with van der Waals surface area (Å²) in [5, 5.41) is 11.1. The fraction of sp³-hybridized carbons (Fsp3) is 0.300. The molecule has 0 bridgehead atoms. The molecule has 1 aliphatic heterocycles. The summed E-state index contributed by atoms with van der Waals surface area (Å²) < 4.78 is 1.87. The van der Waals surface area contributed by atoms with E-state index in [2.05, 4.69) is 16.3 Å². The lowest BCUT2D eigenvalue weighted by Crippen LogP contribution is -2.36. The van der Waals surface area contributed by atoms with Crippen molar-refractivity contribution in [3.8, 4) is 10.7 Å². The van der Waals surface area contributed by atoms with Crippen molar-refractivity contribution in [2.24, 2.45) is 5.73 Å². The molecule has 0 atom stereocenters. The number of hydrogen-bond donors (Lipinski definition) is 1. The Morgan fingerprint density at radius 1 is 1.17 bits per heavy atom. The molecule has 1 aliphatic rings. The van der Waals surface area contributed by atoms with Gasteiger partial charge in [-0.3, -0.25) is 9.59 Å². The van der Waals surface area contributed by atoms with E-state index < -0.39 is 0 Å². The highest BCUT2D eigenvalue weighted by atomic mass is 32.2. The number of nitrogens with zero attached hydrogens (tertiary/aromatic N) is 4. The smallest absolute Gasteiger partial charge is 0.237 e. The molecule has 4 rings (SSSR count). The van der Waals surface area contributed by atoms with E-state index in [0.717, 1.165) is 30.0 Å². The largest absolute Gasteiger partial charge is 0.370 e. The van der Waals surface area contributed by atoms with Crippen LogP contribution in [0, 0.1) is 0 Å². The van der Waals surface area contributed by atoms with Crippen LogP contribution in [0.5, 0.6) is 0 Å². The summed E-state index contributed by atoms with van der Waals surface area (Å²) >= 11 is 2.90. The van der Waals surface area contributed by atoms with Gasteiger partial charge in [0, 0.05) is 25.2 Å². The Morgan fingerprint density at radius 2 is 2.03 bits per heavy atom. The van der Waals surface area contributed by atoms with E-state index >= 15 is 0 Å². The third kappa shape index (κ3) is 4.35. The molecule has 0 unspecified atom stereocenters. The normalized spacial score (nSPS) is 13.3. The molecule has 0 spiro atoms. The second-order valence-corrected chi connectivity index (χ2v) is 8.61. The van der Waals surface area contributed by atoms with Crippen LogP contribution in [-0.2, 0) is 22.6 Å². The number of thioether (sulfide) groups is 1. The maximum absolute atomic E-state index is 12.9. The molecule has 29 heavy (non-hydrogen) atoms. The van der Waals surface area contributed by atoms with E-state index in [1.165, 1.54) is 17.3 Å². The zero-order chi connectivity index (χ0) is 20.2. The second-order valence-electron chi connectivity index (χ2n) is 6.72. The molecule has 3 aromatic rings. The minimum absolute atomic E-state index is 0.0456. The number of aryl methyl sites for hydroxylation is 1. The Bertz CT molecular complexity index is 1020. The van der Waals surface area contributed by atoms with Gasteiger partial charge in [0.15, 0.2) is 11.0 Å². The van der Waals surface area contributed by atoms with Crippen LogP contribution in [0.1, 0.15) is 18.4 Å².